The van der Waals surface area contributed by atoms with E-state index in [0.717, 1.165) is 16.7 Å². The number of fused-ring (bicyclic) bond motifs is 1. The lowest BCUT2D eigenvalue weighted by Crippen LogP contribution is -2.28. The Hall–Kier alpha value is -2.12. The first kappa shape index (κ1) is 15.8. The fourth-order valence-electron chi connectivity index (χ4n) is 2.28. The number of aromatic nitrogens is 1. The molecule has 0 amide bonds. The van der Waals surface area contributed by atoms with E-state index in [2.05, 4.69) is 4.98 Å². The lowest BCUT2D eigenvalue weighted by Gasteiger charge is -2.22. The summed E-state index contributed by atoms with van der Waals surface area (Å²) in [4.78, 5) is 4.31. The Morgan fingerprint density at radius 1 is 1.26 bits per heavy atom. The highest BCUT2D eigenvalue weighted by Crippen LogP contribution is 2.23. The summed E-state index contributed by atoms with van der Waals surface area (Å²) in [6, 6.07) is 8.38. The van der Waals surface area contributed by atoms with Crippen LogP contribution in [0.25, 0.3) is 6.08 Å². The Morgan fingerprint density at radius 2 is 2.00 bits per heavy atom. The molecule has 1 aromatic heterocycles. The van der Waals surface area contributed by atoms with Gasteiger partial charge in [0, 0.05) is 17.4 Å². The van der Waals surface area contributed by atoms with E-state index >= 15 is 0 Å². The van der Waals surface area contributed by atoms with Crippen LogP contribution < -0.4 is 10.3 Å². The SMILES string of the molecule is Bc1nccc2c1O[C@@H](COS(=O)(=O)c1ccc(C)cc1)C=C2. The van der Waals surface area contributed by atoms with Crippen molar-refractivity contribution in [2.75, 3.05) is 6.61 Å². The van der Waals surface area contributed by atoms with Gasteiger partial charge < -0.3 is 4.74 Å². The van der Waals surface area contributed by atoms with Crippen LogP contribution in [0.5, 0.6) is 5.75 Å². The second-order valence-electron chi connectivity index (χ2n) is 5.38. The maximum absolute atomic E-state index is 12.2. The number of ether oxygens (including phenoxy) is 1. The molecule has 1 aliphatic rings. The van der Waals surface area contributed by atoms with Crippen molar-refractivity contribution in [3.63, 3.8) is 0 Å². The van der Waals surface area contributed by atoms with E-state index in [4.69, 9.17) is 8.92 Å². The second-order valence-corrected chi connectivity index (χ2v) is 7.00. The van der Waals surface area contributed by atoms with E-state index in [0.29, 0.717) is 5.75 Å². The fraction of sp³-hybridized carbons (Fsp3) is 0.188. The number of pyridine rings is 1. The largest absolute Gasteiger partial charge is 0.482 e. The van der Waals surface area contributed by atoms with Gasteiger partial charge in [0.1, 0.15) is 18.5 Å². The topological polar surface area (TPSA) is 65.5 Å². The number of nitrogens with zero attached hydrogens (tertiary/aromatic N) is 1. The van der Waals surface area contributed by atoms with Gasteiger partial charge >= 0.3 is 0 Å². The molecule has 0 bridgehead atoms. The summed E-state index contributed by atoms with van der Waals surface area (Å²) in [5.41, 5.74) is 2.68. The summed E-state index contributed by atoms with van der Waals surface area (Å²) in [7, 11) is -1.95. The van der Waals surface area contributed by atoms with Gasteiger partial charge in [-0.05, 0) is 31.2 Å². The van der Waals surface area contributed by atoms with Crippen LogP contribution in [0.1, 0.15) is 11.1 Å². The van der Waals surface area contributed by atoms with E-state index in [1.807, 2.05) is 26.9 Å². The Morgan fingerprint density at radius 3 is 2.74 bits per heavy atom. The number of benzene rings is 1. The van der Waals surface area contributed by atoms with Crippen molar-refractivity contribution in [2.45, 2.75) is 17.9 Å². The Balaban J connectivity index is 1.70. The van der Waals surface area contributed by atoms with Crippen molar-refractivity contribution in [2.24, 2.45) is 0 Å². The van der Waals surface area contributed by atoms with Crippen molar-refractivity contribution in [3.05, 3.63) is 53.7 Å². The minimum absolute atomic E-state index is 0.0829. The van der Waals surface area contributed by atoms with Gasteiger partial charge in [0.15, 0.2) is 7.85 Å². The van der Waals surface area contributed by atoms with Crippen molar-refractivity contribution < 1.29 is 17.3 Å². The van der Waals surface area contributed by atoms with Gasteiger partial charge in [0.2, 0.25) is 0 Å². The first-order valence-corrected chi connectivity index (χ1v) is 8.63. The molecule has 0 N–H and O–H groups in total. The number of rotatable bonds is 4. The number of aryl methyl sites for hydroxylation is 1. The van der Waals surface area contributed by atoms with E-state index in [1.54, 1.807) is 24.4 Å². The molecule has 2 aromatic rings. The van der Waals surface area contributed by atoms with E-state index in [1.165, 1.54) is 12.1 Å². The molecule has 23 heavy (non-hydrogen) atoms. The molecular weight excluding hydrogens is 313 g/mol. The Labute approximate surface area is 136 Å². The molecule has 1 aliphatic heterocycles. The van der Waals surface area contributed by atoms with Crippen LogP contribution in [-0.2, 0) is 14.3 Å². The van der Waals surface area contributed by atoms with Crippen LogP contribution >= 0.6 is 0 Å². The standard InChI is InChI=1S/C16H16BNO4S/c1-11-2-6-14(7-3-11)23(19,20)21-10-13-5-4-12-8-9-18-16(17)15(12)22-13/h2-9,13H,10,17H2,1H3/t13-/m1/s1. The summed E-state index contributed by atoms with van der Waals surface area (Å²) in [5.74, 6) is 0.663. The molecule has 3 rings (SSSR count). The normalized spacial score (nSPS) is 16.7. The van der Waals surface area contributed by atoms with Crippen LogP contribution in [0.4, 0.5) is 0 Å². The molecule has 0 unspecified atom stereocenters. The zero-order valence-electron chi connectivity index (χ0n) is 12.9. The zero-order chi connectivity index (χ0) is 16.4. The zero-order valence-corrected chi connectivity index (χ0v) is 13.7. The van der Waals surface area contributed by atoms with Gasteiger partial charge in [0.25, 0.3) is 10.1 Å². The van der Waals surface area contributed by atoms with Crippen molar-refractivity contribution in [3.8, 4) is 5.75 Å². The molecule has 0 saturated carbocycles. The van der Waals surface area contributed by atoms with Crippen molar-refractivity contribution >= 4 is 29.6 Å². The number of hydrogen-bond acceptors (Lipinski definition) is 5. The predicted octanol–water partition coefficient (Wildman–Crippen LogP) is 0.828. The third kappa shape index (κ3) is 3.46. The Kier molecular flexibility index (Phi) is 4.23. The number of hydrogen-bond donors (Lipinski definition) is 0. The molecule has 0 fully saturated rings. The highest BCUT2D eigenvalue weighted by atomic mass is 32.2. The first-order valence-electron chi connectivity index (χ1n) is 7.22. The molecule has 0 aliphatic carbocycles. The molecule has 5 nitrogen and oxygen atoms in total. The van der Waals surface area contributed by atoms with Gasteiger partial charge in [-0.25, -0.2) is 0 Å². The second kappa shape index (κ2) is 6.18. The molecular formula is C16H16BNO4S. The molecule has 0 radical (unpaired) electrons. The molecule has 0 spiro atoms. The molecule has 2 heterocycles. The smallest absolute Gasteiger partial charge is 0.297 e. The summed E-state index contributed by atoms with van der Waals surface area (Å²) in [5, 5.41) is 0. The van der Waals surface area contributed by atoms with Crippen LogP contribution in [-0.4, -0.2) is 34.0 Å². The minimum atomic E-state index is -3.79. The van der Waals surface area contributed by atoms with Crippen LogP contribution in [0, 0.1) is 6.92 Å². The van der Waals surface area contributed by atoms with Gasteiger partial charge in [-0.2, -0.15) is 8.42 Å². The monoisotopic (exact) mass is 329 g/mol. The third-order valence-corrected chi connectivity index (χ3v) is 4.87. The van der Waals surface area contributed by atoms with Crippen LogP contribution in [0.2, 0.25) is 0 Å². The molecule has 1 aromatic carbocycles. The lowest BCUT2D eigenvalue weighted by atomic mass is 9.98. The molecule has 0 saturated heterocycles. The van der Waals surface area contributed by atoms with Gasteiger partial charge in [-0.1, -0.05) is 23.8 Å². The van der Waals surface area contributed by atoms with E-state index in [9.17, 15) is 8.42 Å². The van der Waals surface area contributed by atoms with Crippen LogP contribution in [0.15, 0.2) is 47.5 Å². The van der Waals surface area contributed by atoms with E-state index < -0.39 is 16.2 Å². The molecule has 118 valence electrons. The van der Waals surface area contributed by atoms with Crippen LogP contribution in [0.3, 0.4) is 0 Å². The third-order valence-electron chi connectivity index (χ3n) is 3.57. The molecule has 1 atom stereocenters. The van der Waals surface area contributed by atoms with Crippen molar-refractivity contribution in [1.29, 1.82) is 0 Å². The van der Waals surface area contributed by atoms with Gasteiger partial charge in [-0.15, -0.1) is 0 Å². The minimum Gasteiger partial charge on any atom is -0.482 e. The van der Waals surface area contributed by atoms with Gasteiger partial charge in [0.05, 0.1) is 4.90 Å². The van der Waals surface area contributed by atoms with E-state index in [-0.39, 0.29) is 11.5 Å². The Bertz CT molecular complexity index is 847. The highest BCUT2D eigenvalue weighted by Gasteiger charge is 2.21. The summed E-state index contributed by atoms with van der Waals surface area (Å²) in [6.07, 6.45) is 4.91. The summed E-state index contributed by atoms with van der Waals surface area (Å²) >= 11 is 0. The molecule has 7 heteroatoms. The first-order chi connectivity index (χ1) is 11.0. The lowest BCUT2D eigenvalue weighted by molar-refractivity contribution is 0.166. The average Bonchev–Trinajstić information content (AvgIpc) is 2.54. The maximum Gasteiger partial charge on any atom is 0.297 e. The van der Waals surface area contributed by atoms with Gasteiger partial charge in [-0.3, -0.25) is 9.17 Å². The van der Waals surface area contributed by atoms with Crippen molar-refractivity contribution in [1.82, 2.24) is 4.98 Å². The summed E-state index contributed by atoms with van der Waals surface area (Å²) < 4.78 is 35.3. The predicted molar refractivity (Wildman–Crippen MR) is 90.2 cm³/mol. The maximum atomic E-state index is 12.2. The summed E-state index contributed by atoms with van der Waals surface area (Å²) in [6.45, 7) is 1.81. The quantitative estimate of drug-likeness (QED) is 0.614. The average molecular weight is 329 g/mol. The fourth-order valence-corrected chi connectivity index (χ4v) is 3.20. The highest BCUT2D eigenvalue weighted by molar-refractivity contribution is 7.86.